The van der Waals surface area contributed by atoms with E-state index in [0.29, 0.717) is 13.2 Å². The molecule has 0 spiro atoms. The van der Waals surface area contributed by atoms with Crippen LogP contribution in [0.4, 0.5) is 4.39 Å². The molecule has 1 atom stereocenters. The lowest BCUT2D eigenvalue weighted by Gasteiger charge is -2.16. The molecule has 1 fully saturated rings. The van der Waals surface area contributed by atoms with E-state index >= 15 is 0 Å². The molecule has 1 aliphatic rings. The van der Waals surface area contributed by atoms with Crippen molar-refractivity contribution in [3.8, 4) is 5.75 Å². The monoisotopic (exact) mass is 253 g/mol. The SMILES string of the molecule is CCCNCc1cc(F)ccc1OC1CCOC1. The van der Waals surface area contributed by atoms with Gasteiger partial charge in [0.1, 0.15) is 17.7 Å². The minimum atomic E-state index is -0.224. The molecule has 1 saturated heterocycles. The summed E-state index contributed by atoms with van der Waals surface area (Å²) in [5, 5.41) is 3.27. The van der Waals surface area contributed by atoms with Crippen LogP contribution in [0.1, 0.15) is 25.3 Å². The third kappa shape index (κ3) is 3.68. The first-order chi connectivity index (χ1) is 8.79. The number of hydrogen-bond donors (Lipinski definition) is 1. The number of ether oxygens (including phenoxy) is 2. The van der Waals surface area contributed by atoms with Crippen molar-refractivity contribution < 1.29 is 13.9 Å². The Morgan fingerprint density at radius 3 is 3.11 bits per heavy atom. The molecular formula is C14H20FNO2. The molecule has 1 heterocycles. The maximum Gasteiger partial charge on any atom is 0.124 e. The van der Waals surface area contributed by atoms with E-state index in [1.165, 1.54) is 12.1 Å². The normalized spacial score (nSPS) is 19.1. The Bertz CT molecular complexity index is 378. The van der Waals surface area contributed by atoms with Crippen molar-refractivity contribution in [2.24, 2.45) is 0 Å². The third-order valence-corrected chi connectivity index (χ3v) is 2.95. The number of nitrogens with one attached hydrogen (secondary N) is 1. The molecule has 0 aliphatic carbocycles. The van der Waals surface area contributed by atoms with Gasteiger partial charge in [0, 0.05) is 18.5 Å². The van der Waals surface area contributed by atoms with Crippen LogP contribution in [0.3, 0.4) is 0 Å². The number of benzene rings is 1. The lowest BCUT2D eigenvalue weighted by molar-refractivity contribution is 0.140. The maximum absolute atomic E-state index is 13.3. The molecular weight excluding hydrogens is 233 g/mol. The van der Waals surface area contributed by atoms with Crippen LogP contribution in [-0.2, 0) is 11.3 Å². The van der Waals surface area contributed by atoms with Crippen molar-refractivity contribution in [2.75, 3.05) is 19.8 Å². The van der Waals surface area contributed by atoms with E-state index in [0.717, 1.165) is 37.3 Å². The quantitative estimate of drug-likeness (QED) is 0.790. The van der Waals surface area contributed by atoms with Gasteiger partial charge in [-0.15, -0.1) is 0 Å². The van der Waals surface area contributed by atoms with Crippen LogP contribution in [0.25, 0.3) is 0 Å². The summed E-state index contributed by atoms with van der Waals surface area (Å²) >= 11 is 0. The van der Waals surface area contributed by atoms with Crippen LogP contribution in [0.2, 0.25) is 0 Å². The van der Waals surface area contributed by atoms with Crippen LogP contribution < -0.4 is 10.1 Å². The Balaban J connectivity index is 2.02. The van der Waals surface area contributed by atoms with E-state index in [1.807, 2.05) is 0 Å². The van der Waals surface area contributed by atoms with E-state index in [4.69, 9.17) is 9.47 Å². The van der Waals surface area contributed by atoms with Crippen LogP contribution in [0, 0.1) is 5.82 Å². The highest BCUT2D eigenvalue weighted by molar-refractivity contribution is 5.34. The first kappa shape index (κ1) is 13.3. The molecule has 100 valence electrons. The van der Waals surface area contributed by atoms with E-state index < -0.39 is 0 Å². The Kier molecular flexibility index (Phi) is 4.96. The molecule has 4 heteroatoms. The molecule has 0 amide bonds. The molecule has 1 aromatic rings. The zero-order chi connectivity index (χ0) is 12.8. The van der Waals surface area contributed by atoms with Gasteiger partial charge < -0.3 is 14.8 Å². The van der Waals surface area contributed by atoms with E-state index in [9.17, 15) is 4.39 Å². The number of rotatable bonds is 6. The standard InChI is InChI=1S/C14H20FNO2/c1-2-6-16-9-11-8-12(15)3-4-14(11)18-13-5-7-17-10-13/h3-4,8,13,16H,2,5-7,9-10H2,1H3. The van der Waals surface area contributed by atoms with Gasteiger partial charge in [0.2, 0.25) is 0 Å². The molecule has 1 aromatic carbocycles. The van der Waals surface area contributed by atoms with Crippen LogP contribution in [0.5, 0.6) is 5.75 Å². The lowest BCUT2D eigenvalue weighted by atomic mass is 10.2. The van der Waals surface area contributed by atoms with Crippen molar-refractivity contribution in [1.82, 2.24) is 5.32 Å². The number of hydrogen-bond acceptors (Lipinski definition) is 3. The van der Waals surface area contributed by atoms with Crippen LogP contribution in [0.15, 0.2) is 18.2 Å². The van der Waals surface area contributed by atoms with Gasteiger partial charge in [-0.05, 0) is 31.2 Å². The third-order valence-electron chi connectivity index (χ3n) is 2.95. The van der Waals surface area contributed by atoms with Crippen molar-refractivity contribution in [1.29, 1.82) is 0 Å². The molecule has 1 aliphatic heterocycles. The van der Waals surface area contributed by atoms with Gasteiger partial charge in [-0.3, -0.25) is 0 Å². The minimum absolute atomic E-state index is 0.0976. The van der Waals surface area contributed by atoms with Crippen molar-refractivity contribution in [2.45, 2.75) is 32.4 Å². The fourth-order valence-corrected chi connectivity index (χ4v) is 1.99. The summed E-state index contributed by atoms with van der Waals surface area (Å²) in [6, 6.07) is 4.68. The van der Waals surface area contributed by atoms with Crippen LogP contribution >= 0.6 is 0 Å². The van der Waals surface area contributed by atoms with E-state index in [2.05, 4.69) is 12.2 Å². The molecule has 0 bridgehead atoms. The van der Waals surface area contributed by atoms with Gasteiger partial charge in [-0.1, -0.05) is 6.92 Å². The second kappa shape index (κ2) is 6.71. The van der Waals surface area contributed by atoms with Crippen molar-refractivity contribution >= 4 is 0 Å². The molecule has 18 heavy (non-hydrogen) atoms. The lowest BCUT2D eigenvalue weighted by Crippen LogP contribution is -2.19. The van der Waals surface area contributed by atoms with Gasteiger partial charge in [-0.2, -0.15) is 0 Å². The smallest absolute Gasteiger partial charge is 0.124 e. The summed E-state index contributed by atoms with van der Waals surface area (Å²) in [7, 11) is 0. The first-order valence-electron chi connectivity index (χ1n) is 6.53. The molecule has 0 radical (unpaired) electrons. The van der Waals surface area contributed by atoms with Gasteiger partial charge in [0.05, 0.1) is 13.2 Å². The predicted octanol–water partition coefficient (Wildman–Crippen LogP) is 2.49. The molecule has 3 nitrogen and oxygen atoms in total. The van der Waals surface area contributed by atoms with E-state index in [1.54, 1.807) is 6.07 Å². The topological polar surface area (TPSA) is 30.5 Å². The fraction of sp³-hybridized carbons (Fsp3) is 0.571. The zero-order valence-electron chi connectivity index (χ0n) is 10.7. The minimum Gasteiger partial charge on any atom is -0.488 e. The summed E-state index contributed by atoms with van der Waals surface area (Å²) in [6.07, 6.45) is 2.06. The summed E-state index contributed by atoms with van der Waals surface area (Å²) in [5.41, 5.74) is 0.871. The number of halogens is 1. The average molecular weight is 253 g/mol. The molecule has 0 saturated carbocycles. The largest absolute Gasteiger partial charge is 0.488 e. The van der Waals surface area contributed by atoms with Gasteiger partial charge in [0.15, 0.2) is 0 Å². The van der Waals surface area contributed by atoms with E-state index in [-0.39, 0.29) is 11.9 Å². The first-order valence-corrected chi connectivity index (χ1v) is 6.53. The predicted molar refractivity (Wildman–Crippen MR) is 68.2 cm³/mol. The molecule has 0 aromatic heterocycles. The fourth-order valence-electron chi connectivity index (χ4n) is 1.99. The maximum atomic E-state index is 13.3. The summed E-state index contributed by atoms with van der Waals surface area (Å²) < 4.78 is 24.4. The summed E-state index contributed by atoms with van der Waals surface area (Å²) in [5.74, 6) is 0.536. The summed E-state index contributed by atoms with van der Waals surface area (Å²) in [4.78, 5) is 0. The zero-order valence-corrected chi connectivity index (χ0v) is 10.7. The van der Waals surface area contributed by atoms with Gasteiger partial charge in [-0.25, -0.2) is 4.39 Å². The Labute approximate surface area is 107 Å². The Morgan fingerprint density at radius 1 is 1.50 bits per heavy atom. The highest BCUT2D eigenvalue weighted by atomic mass is 19.1. The second-order valence-corrected chi connectivity index (χ2v) is 4.53. The Morgan fingerprint density at radius 2 is 2.39 bits per heavy atom. The Hall–Kier alpha value is -1.13. The van der Waals surface area contributed by atoms with Crippen molar-refractivity contribution in [3.05, 3.63) is 29.6 Å². The average Bonchev–Trinajstić information content (AvgIpc) is 2.86. The van der Waals surface area contributed by atoms with Gasteiger partial charge >= 0.3 is 0 Å². The highest BCUT2D eigenvalue weighted by Gasteiger charge is 2.18. The molecule has 1 N–H and O–H groups in total. The van der Waals surface area contributed by atoms with Crippen LogP contribution in [-0.4, -0.2) is 25.9 Å². The highest BCUT2D eigenvalue weighted by Crippen LogP contribution is 2.23. The summed E-state index contributed by atoms with van der Waals surface area (Å²) in [6.45, 7) is 5.03. The molecule has 2 rings (SSSR count). The molecule has 1 unspecified atom stereocenters. The van der Waals surface area contributed by atoms with Gasteiger partial charge in [0.25, 0.3) is 0 Å². The second-order valence-electron chi connectivity index (χ2n) is 4.53. The van der Waals surface area contributed by atoms with Crippen molar-refractivity contribution in [3.63, 3.8) is 0 Å².